The molecule has 0 aliphatic rings. The average molecular weight is 587 g/mol. The van der Waals surface area contributed by atoms with Crippen LogP contribution in [0.3, 0.4) is 0 Å². The van der Waals surface area contributed by atoms with Crippen LogP contribution >= 0.6 is 11.8 Å². The van der Waals surface area contributed by atoms with Gasteiger partial charge in [0.2, 0.25) is 5.91 Å². The van der Waals surface area contributed by atoms with Crippen LogP contribution in [0.25, 0.3) is 0 Å². The van der Waals surface area contributed by atoms with Crippen LogP contribution in [-0.2, 0) is 16.1 Å². The molecular weight excluding hydrogens is 552 g/mol. The first-order valence-electron chi connectivity index (χ1n) is 13.3. The van der Waals surface area contributed by atoms with E-state index in [0.717, 1.165) is 17.0 Å². The van der Waals surface area contributed by atoms with E-state index in [1.807, 2.05) is 50.2 Å². The maximum absolute atomic E-state index is 14.0. The van der Waals surface area contributed by atoms with Gasteiger partial charge in [-0.25, -0.2) is 9.97 Å². The smallest absolute Gasteiger partial charge is 0.251 e. The highest BCUT2D eigenvalue weighted by Crippen LogP contribution is 2.30. The molecule has 2 amide bonds. The quantitative estimate of drug-likeness (QED) is 0.169. The molecule has 0 spiro atoms. The van der Waals surface area contributed by atoms with E-state index in [4.69, 9.17) is 14.2 Å². The van der Waals surface area contributed by atoms with Gasteiger partial charge in [0.1, 0.15) is 23.3 Å². The zero-order valence-electron chi connectivity index (χ0n) is 24.3. The van der Waals surface area contributed by atoms with Gasteiger partial charge in [-0.15, -0.1) is 0 Å². The molecule has 0 fully saturated rings. The van der Waals surface area contributed by atoms with Crippen LogP contribution in [-0.4, -0.2) is 53.8 Å². The highest BCUT2D eigenvalue weighted by molar-refractivity contribution is 7.99. The third kappa shape index (κ3) is 8.01. The number of hydrogen-bond donors (Lipinski definition) is 1. The standard InChI is InChI=1S/C32H34N4O5S/c1-21-17-22(2)34-32(33-21)42-20-29(37)36(19-23-9-13-26(39-3)14-10-23)30(24-7-6-8-28(18-24)41-5)31(38)35-25-11-15-27(40-4)16-12-25/h6-18,30H,19-20H2,1-5H3,(H,35,38). The molecule has 1 aromatic heterocycles. The van der Waals surface area contributed by atoms with E-state index in [2.05, 4.69) is 15.3 Å². The number of ether oxygens (including phenoxy) is 3. The molecule has 4 aromatic rings. The molecule has 0 radical (unpaired) electrons. The summed E-state index contributed by atoms with van der Waals surface area (Å²) in [6.45, 7) is 3.95. The molecule has 0 bridgehead atoms. The van der Waals surface area contributed by atoms with E-state index in [-0.39, 0.29) is 24.1 Å². The van der Waals surface area contributed by atoms with E-state index < -0.39 is 6.04 Å². The van der Waals surface area contributed by atoms with E-state index in [1.54, 1.807) is 68.7 Å². The summed E-state index contributed by atoms with van der Waals surface area (Å²) in [5.41, 5.74) is 3.65. The summed E-state index contributed by atoms with van der Waals surface area (Å²) in [5.74, 6) is 1.35. The number of nitrogens with zero attached hydrogens (tertiary/aromatic N) is 3. The van der Waals surface area contributed by atoms with Gasteiger partial charge in [0.15, 0.2) is 5.16 Å². The predicted octanol–water partition coefficient (Wildman–Crippen LogP) is 5.62. The molecule has 4 rings (SSSR count). The fourth-order valence-electron chi connectivity index (χ4n) is 4.39. The number of rotatable bonds is 12. The van der Waals surface area contributed by atoms with Crippen LogP contribution in [0.4, 0.5) is 5.69 Å². The highest BCUT2D eigenvalue weighted by atomic mass is 32.2. The first kappa shape index (κ1) is 30.4. The molecule has 0 saturated heterocycles. The van der Waals surface area contributed by atoms with Gasteiger partial charge in [-0.1, -0.05) is 36.0 Å². The fourth-order valence-corrected chi connectivity index (χ4v) is 5.22. The fraction of sp³-hybridized carbons (Fsp3) is 0.250. The Morgan fingerprint density at radius 2 is 1.40 bits per heavy atom. The van der Waals surface area contributed by atoms with Gasteiger partial charge in [-0.2, -0.15) is 0 Å². The number of hydrogen-bond acceptors (Lipinski definition) is 8. The molecule has 0 saturated carbocycles. The van der Waals surface area contributed by atoms with Crippen molar-refractivity contribution < 1.29 is 23.8 Å². The van der Waals surface area contributed by atoms with Gasteiger partial charge >= 0.3 is 0 Å². The second kappa shape index (κ2) is 14.4. The maximum atomic E-state index is 14.0. The molecule has 10 heteroatoms. The predicted molar refractivity (Wildman–Crippen MR) is 163 cm³/mol. The molecule has 9 nitrogen and oxygen atoms in total. The van der Waals surface area contributed by atoms with Crippen molar-refractivity contribution in [1.29, 1.82) is 0 Å². The zero-order valence-corrected chi connectivity index (χ0v) is 25.1. The Morgan fingerprint density at radius 3 is 2.00 bits per heavy atom. The molecule has 1 heterocycles. The number of benzene rings is 3. The summed E-state index contributed by atoms with van der Waals surface area (Å²) in [6.07, 6.45) is 0. The van der Waals surface area contributed by atoms with Gasteiger partial charge < -0.3 is 24.4 Å². The van der Waals surface area contributed by atoms with Crippen LogP contribution in [0.15, 0.2) is 84.0 Å². The van der Waals surface area contributed by atoms with Crippen LogP contribution in [0.1, 0.15) is 28.6 Å². The number of carbonyl (C=O) groups is 2. The molecule has 1 N–H and O–H groups in total. The Kier molecular flexibility index (Phi) is 10.4. The summed E-state index contributed by atoms with van der Waals surface area (Å²) in [6, 6.07) is 22.5. The summed E-state index contributed by atoms with van der Waals surface area (Å²) in [7, 11) is 4.74. The third-order valence-electron chi connectivity index (χ3n) is 6.45. The van der Waals surface area contributed by atoms with Gasteiger partial charge in [0.25, 0.3) is 5.91 Å². The number of thioether (sulfide) groups is 1. The molecule has 1 unspecified atom stereocenters. The number of nitrogens with one attached hydrogen (secondary N) is 1. The Balaban J connectivity index is 1.72. The Morgan fingerprint density at radius 1 is 0.810 bits per heavy atom. The van der Waals surface area contributed by atoms with Crippen molar-refractivity contribution in [2.45, 2.75) is 31.6 Å². The molecule has 0 aliphatic heterocycles. The minimum absolute atomic E-state index is 0.0370. The number of carbonyl (C=O) groups excluding carboxylic acids is 2. The van der Waals surface area contributed by atoms with Crippen LogP contribution in [0, 0.1) is 13.8 Å². The van der Waals surface area contributed by atoms with Crippen molar-refractivity contribution in [3.63, 3.8) is 0 Å². The average Bonchev–Trinajstić information content (AvgIpc) is 3.00. The van der Waals surface area contributed by atoms with Crippen molar-refractivity contribution >= 4 is 29.3 Å². The number of anilines is 1. The minimum atomic E-state index is -0.974. The van der Waals surface area contributed by atoms with E-state index in [1.165, 1.54) is 11.8 Å². The largest absolute Gasteiger partial charge is 0.497 e. The lowest BCUT2D eigenvalue weighted by molar-refractivity contribution is -0.137. The van der Waals surface area contributed by atoms with Crippen LogP contribution in [0.2, 0.25) is 0 Å². The van der Waals surface area contributed by atoms with E-state index in [0.29, 0.717) is 33.7 Å². The third-order valence-corrected chi connectivity index (χ3v) is 7.28. The number of aromatic nitrogens is 2. The highest BCUT2D eigenvalue weighted by Gasteiger charge is 2.32. The van der Waals surface area contributed by atoms with E-state index in [9.17, 15) is 9.59 Å². The summed E-state index contributed by atoms with van der Waals surface area (Å²) < 4.78 is 16.0. The maximum Gasteiger partial charge on any atom is 0.251 e. The zero-order chi connectivity index (χ0) is 30.1. The van der Waals surface area contributed by atoms with Gasteiger partial charge in [0, 0.05) is 23.6 Å². The second-order valence-electron chi connectivity index (χ2n) is 9.49. The van der Waals surface area contributed by atoms with Crippen molar-refractivity contribution in [1.82, 2.24) is 14.9 Å². The van der Waals surface area contributed by atoms with Gasteiger partial charge in [-0.05, 0) is 79.6 Å². The molecule has 218 valence electrons. The molecule has 0 aliphatic carbocycles. The SMILES string of the molecule is COc1ccc(CN(C(=O)CSc2nc(C)cc(C)n2)C(C(=O)Nc2ccc(OC)cc2)c2cccc(OC)c2)cc1. The van der Waals surface area contributed by atoms with Crippen molar-refractivity contribution in [2.24, 2.45) is 0 Å². The lowest BCUT2D eigenvalue weighted by Crippen LogP contribution is -2.41. The normalized spacial score (nSPS) is 11.4. The minimum Gasteiger partial charge on any atom is -0.497 e. The summed E-state index contributed by atoms with van der Waals surface area (Å²) in [4.78, 5) is 38.6. The second-order valence-corrected chi connectivity index (χ2v) is 10.4. The Hall–Kier alpha value is -4.57. The molecule has 42 heavy (non-hydrogen) atoms. The van der Waals surface area contributed by atoms with Crippen LogP contribution in [0.5, 0.6) is 17.2 Å². The van der Waals surface area contributed by atoms with Gasteiger partial charge in [-0.3, -0.25) is 9.59 Å². The summed E-state index contributed by atoms with van der Waals surface area (Å²) >= 11 is 1.24. The Bertz CT molecular complexity index is 1490. The number of aryl methyl sites for hydroxylation is 2. The first-order valence-corrected chi connectivity index (χ1v) is 14.2. The number of methoxy groups -OCH3 is 3. The Labute approximate surface area is 250 Å². The monoisotopic (exact) mass is 586 g/mol. The number of amides is 2. The molecule has 3 aromatic carbocycles. The van der Waals surface area contributed by atoms with Crippen LogP contribution < -0.4 is 19.5 Å². The topological polar surface area (TPSA) is 103 Å². The van der Waals surface area contributed by atoms with Crippen molar-refractivity contribution in [3.8, 4) is 17.2 Å². The molecular formula is C32H34N4O5S. The van der Waals surface area contributed by atoms with Crippen molar-refractivity contribution in [3.05, 3.63) is 101 Å². The lowest BCUT2D eigenvalue weighted by Gasteiger charge is -2.32. The van der Waals surface area contributed by atoms with Crippen molar-refractivity contribution in [2.75, 3.05) is 32.4 Å². The van der Waals surface area contributed by atoms with E-state index >= 15 is 0 Å². The first-order chi connectivity index (χ1) is 20.3. The lowest BCUT2D eigenvalue weighted by atomic mass is 10.0. The summed E-state index contributed by atoms with van der Waals surface area (Å²) in [5, 5.41) is 3.48. The van der Waals surface area contributed by atoms with Gasteiger partial charge in [0.05, 0.1) is 27.1 Å². The molecule has 1 atom stereocenters.